The van der Waals surface area contributed by atoms with Crippen molar-refractivity contribution in [1.29, 1.82) is 0 Å². The zero-order chi connectivity index (χ0) is 20.8. The summed E-state index contributed by atoms with van der Waals surface area (Å²) < 4.78 is 31.1. The summed E-state index contributed by atoms with van der Waals surface area (Å²) in [5, 5.41) is 5.47. The van der Waals surface area contributed by atoms with Crippen molar-refractivity contribution in [3.8, 4) is 0 Å². The minimum Gasteiger partial charge on any atom is -0.452 e. The molecular weight excluding hydrogens is 382 g/mol. The van der Waals surface area contributed by atoms with Crippen molar-refractivity contribution in [3.05, 3.63) is 65.2 Å². The normalized spacial score (nSPS) is 13.7. The maximum atomic E-state index is 13.2. The summed E-state index contributed by atoms with van der Waals surface area (Å²) >= 11 is 0. The van der Waals surface area contributed by atoms with Gasteiger partial charge in [-0.1, -0.05) is 25.0 Å². The Morgan fingerprint density at radius 3 is 2.34 bits per heavy atom. The number of ether oxygens (including phenoxy) is 1. The van der Waals surface area contributed by atoms with Crippen molar-refractivity contribution in [1.82, 2.24) is 5.32 Å². The molecular formula is C21H20F2N2O4. The molecule has 0 radical (unpaired) electrons. The second-order valence-electron chi connectivity index (χ2n) is 6.78. The fraction of sp³-hybridized carbons (Fsp3) is 0.286. The highest BCUT2D eigenvalue weighted by molar-refractivity contribution is 6.04. The Morgan fingerprint density at radius 1 is 1.00 bits per heavy atom. The Balaban J connectivity index is 1.59. The van der Waals surface area contributed by atoms with E-state index in [2.05, 4.69) is 10.6 Å². The van der Waals surface area contributed by atoms with Gasteiger partial charge in [0.15, 0.2) is 6.61 Å². The third-order valence-corrected chi connectivity index (χ3v) is 4.57. The van der Waals surface area contributed by atoms with Gasteiger partial charge in [0.1, 0.15) is 11.6 Å². The minimum absolute atomic E-state index is 0.124. The fourth-order valence-corrected chi connectivity index (χ4v) is 3.20. The Hall–Kier alpha value is -3.29. The van der Waals surface area contributed by atoms with Crippen molar-refractivity contribution in [3.63, 3.8) is 0 Å². The number of esters is 1. The number of nitrogens with one attached hydrogen (secondary N) is 2. The second-order valence-corrected chi connectivity index (χ2v) is 6.78. The molecule has 0 aromatic heterocycles. The molecule has 0 saturated heterocycles. The lowest BCUT2D eigenvalue weighted by Crippen LogP contribution is -2.33. The summed E-state index contributed by atoms with van der Waals surface area (Å²) in [6, 6.07) is 8.85. The van der Waals surface area contributed by atoms with Gasteiger partial charge in [0.25, 0.3) is 11.8 Å². The molecule has 3 rings (SSSR count). The molecule has 29 heavy (non-hydrogen) atoms. The first kappa shape index (κ1) is 20.4. The highest BCUT2D eigenvalue weighted by Gasteiger charge is 2.20. The van der Waals surface area contributed by atoms with E-state index in [1.54, 1.807) is 24.3 Å². The van der Waals surface area contributed by atoms with Gasteiger partial charge in [0.05, 0.1) is 16.8 Å². The Kier molecular flexibility index (Phi) is 6.54. The lowest BCUT2D eigenvalue weighted by atomic mass is 10.1. The maximum absolute atomic E-state index is 13.2. The molecule has 8 heteroatoms. The topological polar surface area (TPSA) is 84.5 Å². The standard InChI is InChI=1S/C21H20F2N2O4/c22-14-9-13(10-15(23)11-14)21(28)29-12-19(26)25-18-8-4-3-7-17(18)20(27)24-16-5-1-2-6-16/h3-4,7-11,16H,1-2,5-6,12H2,(H,24,27)(H,25,26). The number of hydrogen-bond donors (Lipinski definition) is 2. The molecule has 0 heterocycles. The first-order valence-electron chi connectivity index (χ1n) is 9.25. The number of halogens is 2. The van der Waals surface area contributed by atoms with Crippen LogP contribution < -0.4 is 10.6 Å². The van der Waals surface area contributed by atoms with E-state index in [0.29, 0.717) is 11.6 Å². The highest BCUT2D eigenvalue weighted by atomic mass is 19.1. The zero-order valence-electron chi connectivity index (χ0n) is 15.5. The third-order valence-electron chi connectivity index (χ3n) is 4.57. The van der Waals surface area contributed by atoms with Crippen LogP contribution in [0.25, 0.3) is 0 Å². The van der Waals surface area contributed by atoms with E-state index in [-0.39, 0.29) is 23.2 Å². The summed E-state index contributed by atoms with van der Waals surface area (Å²) in [5.74, 6) is -3.87. The molecule has 1 aliphatic rings. The predicted molar refractivity (Wildman–Crippen MR) is 101 cm³/mol. The Bertz CT molecular complexity index is 906. The molecule has 0 bridgehead atoms. The molecule has 0 spiro atoms. The zero-order valence-corrected chi connectivity index (χ0v) is 15.5. The van der Waals surface area contributed by atoms with Gasteiger partial charge in [-0.2, -0.15) is 0 Å². The smallest absolute Gasteiger partial charge is 0.338 e. The first-order chi connectivity index (χ1) is 13.9. The molecule has 1 fully saturated rings. The lowest BCUT2D eigenvalue weighted by molar-refractivity contribution is -0.119. The van der Waals surface area contributed by atoms with Crippen LogP contribution in [0.5, 0.6) is 0 Å². The molecule has 2 aromatic rings. The van der Waals surface area contributed by atoms with Gasteiger partial charge in [-0.15, -0.1) is 0 Å². The van der Waals surface area contributed by atoms with Crippen molar-refractivity contribution in [2.75, 3.05) is 11.9 Å². The number of carbonyl (C=O) groups excluding carboxylic acids is 3. The van der Waals surface area contributed by atoms with Gasteiger partial charge in [-0.25, -0.2) is 13.6 Å². The van der Waals surface area contributed by atoms with Crippen molar-refractivity contribution in [2.24, 2.45) is 0 Å². The Morgan fingerprint density at radius 2 is 1.66 bits per heavy atom. The van der Waals surface area contributed by atoms with Crippen LogP contribution in [0.1, 0.15) is 46.4 Å². The first-order valence-corrected chi connectivity index (χ1v) is 9.25. The summed E-state index contributed by atoms with van der Waals surface area (Å²) in [6.07, 6.45) is 4.00. The number of carbonyl (C=O) groups is 3. The Labute approximate surface area is 166 Å². The summed E-state index contributed by atoms with van der Waals surface area (Å²) in [6.45, 7) is -0.671. The van der Waals surface area contributed by atoms with Gasteiger partial charge in [-0.05, 0) is 37.1 Å². The molecule has 2 amide bonds. The average Bonchev–Trinajstić information content (AvgIpc) is 3.18. The molecule has 0 aliphatic heterocycles. The quantitative estimate of drug-likeness (QED) is 0.725. The summed E-state index contributed by atoms with van der Waals surface area (Å²) in [7, 11) is 0. The maximum Gasteiger partial charge on any atom is 0.338 e. The van der Waals surface area contributed by atoms with Crippen LogP contribution in [-0.2, 0) is 9.53 Å². The van der Waals surface area contributed by atoms with Gasteiger partial charge >= 0.3 is 5.97 Å². The van der Waals surface area contributed by atoms with E-state index in [1.807, 2.05) is 0 Å². The van der Waals surface area contributed by atoms with E-state index in [4.69, 9.17) is 4.74 Å². The fourth-order valence-electron chi connectivity index (χ4n) is 3.20. The van der Waals surface area contributed by atoms with Gasteiger partial charge in [0, 0.05) is 12.1 Å². The number of hydrogen-bond acceptors (Lipinski definition) is 4. The third kappa shape index (κ3) is 5.60. The van der Waals surface area contributed by atoms with Crippen molar-refractivity contribution in [2.45, 2.75) is 31.7 Å². The van der Waals surface area contributed by atoms with E-state index in [0.717, 1.165) is 37.8 Å². The number of benzene rings is 2. The average molecular weight is 402 g/mol. The van der Waals surface area contributed by atoms with E-state index >= 15 is 0 Å². The minimum atomic E-state index is -1.04. The summed E-state index contributed by atoms with van der Waals surface area (Å²) in [4.78, 5) is 36.5. The lowest BCUT2D eigenvalue weighted by Gasteiger charge is -2.15. The molecule has 2 aromatic carbocycles. The van der Waals surface area contributed by atoms with E-state index in [1.165, 1.54) is 0 Å². The molecule has 1 saturated carbocycles. The monoisotopic (exact) mass is 402 g/mol. The van der Waals surface area contributed by atoms with E-state index in [9.17, 15) is 23.2 Å². The molecule has 2 N–H and O–H groups in total. The van der Waals surface area contributed by atoms with E-state index < -0.39 is 30.1 Å². The van der Waals surface area contributed by atoms with Crippen LogP contribution in [0.15, 0.2) is 42.5 Å². The summed E-state index contributed by atoms with van der Waals surface area (Å²) in [5.41, 5.74) is 0.235. The molecule has 0 unspecified atom stereocenters. The molecule has 1 aliphatic carbocycles. The number of para-hydroxylation sites is 1. The molecule has 0 atom stereocenters. The SMILES string of the molecule is O=C(COC(=O)c1cc(F)cc(F)c1)Nc1ccccc1C(=O)NC1CCCC1. The molecule has 6 nitrogen and oxygen atoms in total. The number of amides is 2. The van der Waals surface area contributed by atoms with Crippen LogP contribution in [0.3, 0.4) is 0 Å². The van der Waals surface area contributed by atoms with Crippen molar-refractivity contribution < 1.29 is 27.9 Å². The highest BCUT2D eigenvalue weighted by Crippen LogP contribution is 2.20. The number of rotatable bonds is 6. The largest absolute Gasteiger partial charge is 0.452 e. The number of anilines is 1. The van der Waals surface area contributed by atoms with Crippen molar-refractivity contribution >= 4 is 23.5 Å². The van der Waals surface area contributed by atoms with Crippen LogP contribution in [-0.4, -0.2) is 30.4 Å². The predicted octanol–water partition coefficient (Wildman–Crippen LogP) is 3.43. The van der Waals surface area contributed by atoms with Gasteiger partial charge in [-0.3, -0.25) is 9.59 Å². The molecule has 152 valence electrons. The van der Waals surface area contributed by atoms with Crippen LogP contribution in [0, 0.1) is 11.6 Å². The van der Waals surface area contributed by atoms with Crippen LogP contribution >= 0.6 is 0 Å². The second kappa shape index (κ2) is 9.27. The van der Waals surface area contributed by atoms with Gasteiger partial charge in [0.2, 0.25) is 0 Å². The van der Waals surface area contributed by atoms with Gasteiger partial charge < -0.3 is 15.4 Å². The van der Waals surface area contributed by atoms with Crippen LogP contribution in [0.4, 0.5) is 14.5 Å². The van der Waals surface area contributed by atoms with Crippen LogP contribution in [0.2, 0.25) is 0 Å².